The largest absolute Gasteiger partial charge is 0.460 e. The van der Waals surface area contributed by atoms with Crippen LogP contribution in [0.5, 0.6) is 0 Å². The van der Waals surface area contributed by atoms with Crippen LogP contribution in [-0.4, -0.2) is 83.4 Å². The van der Waals surface area contributed by atoms with Crippen LogP contribution in [0.25, 0.3) is 9.75 Å². The molecule has 0 N–H and O–H groups in total. The van der Waals surface area contributed by atoms with Crippen LogP contribution < -0.4 is 0 Å². The molecule has 0 aliphatic rings. The molecule has 0 amide bonds. The molecular formula is C32H22Br2F30S2. The van der Waals surface area contributed by atoms with Gasteiger partial charge in [0.05, 0.1) is 7.57 Å². The molecule has 0 atom stereocenters. The number of hydrogen-bond acceptors (Lipinski definition) is 2. The van der Waals surface area contributed by atoms with Gasteiger partial charge in [-0.3, -0.25) is 0 Å². The van der Waals surface area contributed by atoms with E-state index in [0.29, 0.717) is 20.9 Å². The average molecular weight is 1200 g/mol. The maximum atomic E-state index is 14.2. The van der Waals surface area contributed by atoms with E-state index in [2.05, 4.69) is 31.9 Å². The van der Waals surface area contributed by atoms with Gasteiger partial charge in [-0.25, -0.2) is 0 Å². The molecule has 0 aliphatic carbocycles. The number of rotatable bonds is 23. The third-order valence-corrected chi connectivity index (χ3v) is 13.5. The van der Waals surface area contributed by atoms with E-state index in [9.17, 15) is 132 Å². The molecule has 0 unspecified atom stereocenters. The van der Waals surface area contributed by atoms with Crippen molar-refractivity contribution in [3.8, 4) is 9.75 Å². The number of thiophene rings is 2. The number of unbranched alkanes of at least 4 members (excludes halogenated alkanes) is 4. The Bertz CT molecular complexity index is 1820. The molecule has 34 heteroatoms. The van der Waals surface area contributed by atoms with Gasteiger partial charge in [0, 0.05) is 22.6 Å². The number of halogens is 32. The SMILES string of the molecule is FC(F)(F)C(F)(F)C(F)(F)C(F)(F)C(F)(F)C(F)(F)C(F)(F)CCCCCc1cc(-c2cc(CCCCCC(F)(F)C(F)(F)C(F)(F)C(F)(F)C(F)(F)C(F)(F)C(F)(F)F)c(Br)s2)sc1Br. The standard InChI is InChI=1S/C32H22Br2F30S2/c33-17-13(7-3-1-5-9-19(35,36)21(39,40)23(43,44)25(47,48)27(51,52)29(55,56)31(59,60)61)11-15(65-17)16-12-14(18(34)66-16)8-4-2-6-10-20(37,38)22(41,42)24(45,46)26(49,50)28(53,54)30(57,58)32(62,63)64/h11-12H,1-10H2. The average Bonchev–Trinajstić information content (AvgIpc) is 3.70. The molecule has 0 nitrogen and oxygen atoms in total. The Labute approximate surface area is 373 Å². The van der Waals surface area contributed by atoms with Crippen molar-refractivity contribution in [3.05, 3.63) is 30.8 Å². The van der Waals surface area contributed by atoms with E-state index in [-0.39, 0.29) is 33.3 Å². The van der Waals surface area contributed by atoms with Gasteiger partial charge in [0.1, 0.15) is 0 Å². The summed E-state index contributed by atoms with van der Waals surface area (Å²) in [5, 5.41) is 0. The highest BCUT2D eigenvalue weighted by Crippen LogP contribution is 2.65. The van der Waals surface area contributed by atoms with E-state index in [1.807, 2.05) is 0 Å². The fourth-order valence-electron chi connectivity index (χ4n) is 5.39. The van der Waals surface area contributed by atoms with E-state index in [4.69, 9.17) is 0 Å². The van der Waals surface area contributed by atoms with Crippen LogP contribution in [0.15, 0.2) is 19.7 Å². The fourth-order valence-corrected chi connectivity index (χ4v) is 9.00. The predicted octanol–water partition coefficient (Wildman–Crippen LogP) is 18.0. The summed E-state index contributed by atoms with van der Waals surface area (Å²) in [6, 6.07) is 2.81. The Morgan fingerprint density at radius 1 is 0.303 bits per heavy atom. The minimum Gasteiger partial charge on any atom is -0.200 e. The Balaban J connectivity index is 2.05. The minimum absolute atomic E-state index is 0.166. The highest BCUT2D eigenvalue weighted by atomic mass is 79.9. The molecule has 0 aliphatic heterocycles. The monoisotopic (exact) mass is 1200 g/mol. The first-order valence-electron chi connectivity index (χ1n) is 17.2. The smallest absolute Gasteiger partial charge is 0.200 e. The Kier molecular flexibility index (Phi) is 17.2. The van der Waals surface area contributed by atoms with Crippen molar-refractivity contribution in [2.75, 3.05) is 0 Å². The van der Waals surface area contributed by atoms with Gasteiger partial charge in [0.25, 0.3) is 0 Å². The van der Waals surface area contributed by atoms with Gasteiger partial charge in [-0.2, -0.15) is 132 Å². The summed E-state index contributed by atoms with van der Waals surface area (Å²) in [5.74, 6) is -94.2. The zero-order valence-electron chi connectivity index (χ0n) is 31.1. The maximum Gasteiger partial charge on any atom is 0.460 e. The molecule has 0 aromatic carbocycles. The Hall–Kier alpha value is -1.74. The molecule has 0 bridgehead atoms. The van der Waals surface area contributed by atoms with Crippen molar-refractivity contribution in [1.82, 2.24) is 0 Å². The second-order valence-corrected chi connectivity index (χ2v) is 18.8. The molecule has 2 aromatic rings. The summed E-state index contributed by atoms with van der Waals surface area (Å²) in [4.78, 5) is 0.739. The van der Waals surface area contributed by atoms with Crippen molar-refractivity contribution in [2.24, 2.45) is 0 Å². The van der Waals surface area contributed by atoms with E-state index in [1.165, 1.54) is 12.1 Å². The quantitative estimate of drug-likeness (QED) is 0.0768. The van der Waals surface area contributed by atoms with Crippen molar-refractivity contribution >= 4 is 54.5 Å². The molecule has 0 saturated carbocycles. The molecule has 0 spiro atoms. The summed E-state index contributed by atoms with van der Waals surface area (Å²) < 4.78 is 403. The van der Waals surface area contributed by atoms with Crippen LogP contribution in [0, 0.1) is 0 Å². The summed E-state index contributed by atoms with van der Waals surface area (Å²) in [7, 11) is 0. The van der Waals surface area contributed by atoms with Gasteiger partial charge >= 0.3 is 83.4 Å². The predicted molar refractivity (Wildman–Crippen MR) is 179 cm³/mol. The van der Waals surface area contributed by atoms with Crippen molar-refractivity contribution in [2.45, 2.75) is 148 Å². The Morgan fingerprint density at radius 2 is 0.530 bits per heavy atom. The van der Waals surface area contributed by atoms with E-state index >= 15 is 0 Å². The van der Waals surface area contributed by atoms with Gasteiger partial charge in [0.2, 0.25) is 0 Å². The van der Waals surface area contributed by atoms with Crippen LogP contribution in [-0.2, 0) is 12.8 Å². The lowest BCUT2D eigenvalue weighted by Gasteiger charge is -2.41. The molecular weight excluding hydrogens is 1180 g/mol. The lowest BCUT2D eigenvalue weighted by molar-refractivity contribution is -0.452. The van der Waals surface area contributed by atoms with Gasteiger partial charge < -0.3 is 0 Å². The van der Waals surface area contributed by atoms with Gasteiger partial charge in [-0.15, -0.1) is 22.7 Å². The first kappa shape index (κ1) is 60.4. The molecule has 2 rings (SSSR count). The van der Waals surface area contributed by atoms with Crippen LogP contribution in [0.1, 0.15) is 62.5 Å². The lowest BCUT2D eigenvalue weighted by atomic mass is 9.89. The highest BCUT2D eigenvalue weighted by molar-refractivity contribution is 9.11. The topological polar surface area (TPSA) is 0 Å². The van der Waals surface area contributed by atoms with Crippen molar-refractivity contribution < 1.29 is 132 Å². The molecule has 66 heavy (non-hydrogen) atoms. The van der Waals surface area contributed by atoms with Crippen molar-refractivity contribution in [3.63, 3.8) is 0 Å². The zero-order chi connectivity index (χ0) is 52.4. The number of aryl methyl sites for hydroxylation is 2. The molecule has 0 radical (unpaired) electrons. The third-order valence-electron chi connectivity index (χ3n) is 9.42. The second kappa shape index (κ2) is 18.8. The summed E-state index contributed by atoms with van der Waals surface area (Å²) in [6.07, 6.45) is -25.2. The molecule has 0 fully saturated rings. The summed E-state index contributed by atoms with van der Waals surface area (Å²) in [6.45, 7) is 0. The van der Waals surface area contributed by atoms with E-state index in [0.717, 1.165) is 22.7 Å². The normalized spacial score (nSPS) is 15.6. The molecule has 2 aromatic heterocycles. The second-order valence-electron chi connectivity index (χ2n) is 14.1. The molecule has 2 heterocycles. The first-order valence-corrected chi connectivity index (χ1v) is 20.4. The molecule has 386 valence electrons. The van der Waals surface area contributed by atoms with E-state index < -0.39 is 122 Å². The Morgan fingerprint density at radius 3 is 0.773 bits per heavy atom. The third kappa shape index (κ3) is 10.1. The summed E-state index contributed by atoms with van der Waals surface area (Å²) >= 11 is 8.14. The van der Waals surface area contributed by atoms with Crippen LogP contribution in [0.4, 0.5) is 132 Å². The lowest BCUT2D eigenvalue weighted by Crippen LogP contribution is -2.72. The zero-order valence-corrected chi connectivity index (χ0v) is 35.9. The van der Waals surface area contributed by atoms with Crippen LogP contribution in [0.3, 0.4) is 0 Å². The summed E-state index contributed by atoms with van der Waals surface area (Å²) in [5.41, 5.74) is 0.632. The van der Waals surface area contributed by atoms with Gasteiger partial charge in [0.15, 0.2) is 0 Å². The van der Waals surface area contributed by atoms with Crippen LogP contribution in [0.2, 0.25) is 0 Å². The molecule has 0 saturated heterocycles. The van der Waals surface area contributed by atoms with Gasteiger partial charge in [-0.05, 0) is 93.6 Å². The van der Waals surface area contributed by atoms with Crippen molar-refractivity contribution in [1.29, 1.82) is 0 Å². The first-order chi connectivity index (χ1) is 28.9. The number of alkyl halides is 30. The highest BCUT2D eigenvalue weighted by Gasteiger charge is 2.94. The fraction of sp³-hybridized carbons (Fsp3) is 0.750. The van der Waals surface area contributed by atoms with Gasteiger partial charge in [-0.1, -0.05) is 12.8 Å². The maximum absolute atomic E-state index is 14.2. The minimum atomic E-state index is -8.41. The van der Waals surface area contributed by atoms with E-state index in [1.54, 1.807) is 0 Å². The number of hydrogen-bond donors (Lipinski definition) is 0. The van der Waals surface area contributed by atoms with Crippen LogP contribution >= 0.6 is 54.5 Å².